The number of benzene rings is 1. The molecule has 1 atom stereocenters. The zero-order chi connectivity index (χ0) is 15.1. The Labute approximate surface area is 124 Å². The molecule has 6 nitrogen and oxygen atoms in total. The average molecular weight is 315 g/mol. The molecule has 1 unspecified atom stereocenters. The smallest absolute Gasteiger partial charge is 0.105 e. The summed E-state index contributed by atoms with van der Waals surface area (Å²) in [7, 11) is 0. The summed E-state index contributed by atoms with van der Waals surface area (Å²) >= 11 is 11.8. The second-order valence-corrected chi connectivity index (χ2v) is 5.32. The standard InChI is InChI=1S/C12H10Cl2N2O4/c1-12(11(19)20)5-8(10(17)18)15-16(12)9-3-2-6(13)4-7(9)14/h2-4H,5H2,1H3,(H,17,18)(H,19,20)/p-2. The molecule has 1 aromatic rings. The highest BCUT2D eigenvalue weighted by atomic mass is 35.5. The lowest BCUT2D eigenvalue weighted by molar-refractivity contribution is -0.312. The van der Waals surface area contributed by atoms with E-state index >= 15 is 0 Å². The van der Waals surface area contributed by atoms with Gasteiger partial charge in [0.1, 0.15) is 5.54 Å². The van der Waals surface area contributed by atoms with E-state index in [4.69, 9.17) is 23.2 Å². The number of hydrogen-bond donors (Lipinski definition) is 0. The number of rotatable bonds is 3. The third kappa shape index (κ3) is 2.32. The van der Waals surface area contributed by atoms with Gasteiger partial charge in [-0.3, -0.25) is 5.01 Å². The molecule has 1 aliphatic rings. The summed E-state index contributed by atoms with van der Waals surface area (Å²) in [6.07, 6.45) is -0.351. The zero-order valence-corrected chi connectivity index (χ0v) is 11.7. The first kappa shape index (κ1) is 14.6. The number of carboxylic acid groups (broad SMARTS) is 2. The number of carboxylic acids is 2. The zero-order valence-electron chi connectivity index (χ0n) is 10.2. The van der Waals surface area contributed by atoms with E-state index in [1.165, 1.54) is 25.1 Å². The van der Waals surface area contributed by atoms with Gasteiger partial charge in [0.05, 0.1) is 28.4 Å². The molecular formula is C12H8Cl2N2O4-2. The molecule has 0 saturated heterocycles. The van der Waals surface area contributed by atoms with E-state index in [2.05, 4.69) is 5.10 Å². The summed E-state index contributed by atoms with van der Waals surface area (Å²) in [5.74, 6) is -3.01. The van der Waals surface area contributed by atoms with Gasteiger partial charge in [-0.15, -0.1) is 0 Å². The first-order valence-corrected chi connectivity index (χ1v) is 6.27. The molecule has 0 aromatic heterocycles. The van der Waals surface area contributed by atoms with Crippen LogP contribution in [-0.2, 0) is 9.59 Å². The molecule has 1 heterocycles. The molecule has 2 rings (SSSR count). The molecule has 1 aliphatic heterocycles. The van der Waals surface area contributed by atoms with Crippen molar-refractivity contribution in [1.82, 2.24) is 0 Å². The molecule has 1 aromatic carbocycles. The Hall–Kier alpha value is -1.79. The minimum absolute atomic E-state index is 0.147. The number of hydrogen-bond acceptors (Lipinski definition) is 6. The normalized spacial score (nSPS) is 21.8. The van der Waals surface area contributed by atoms with Crippen LogP contribution in [-0.4, -0.2) is 23.2 Å². The Balaban J connectivity index is 2.55. The van der Waals surface area contributed by atoms with Gasteiger partial charge in [0.25, 0.3) is 0 Å². The van der Waals surface area contributed by atoms with Gasteiger partial charge in [-0.1, -0.05) is 23.2 Å². The van der Waals surface area contributed by atoms with Crippen LogP contribution in [0.5, 0.6) is 0 Å². The molecule has 0 fully saturated rings. The number of halogens is 2. The summed E-state index contributed by atoms with van der Waals surface area (Å²) in [6, 6.07) is 4.35. The first-order chi connectivity index (χ1) is 9.25. The Morgan fingerprint density at radius 2 is 2.00 bits per heavy atom. The van der Waals surface area contributed by atoms with Crippen molar-refractivity contribution < 1.29 is 19.8 Å². The topological polar surface area (TPSA) is 95.9 Å². The van der Waals surface area contributed by atoms with E-state index in [0.717, 1.165) is 5.01 Å². The van der Waals surface area contributed by atoms with Crippen LogP contribution in [0.1, 0.15) is 13.3 Å². The van der Waals surface area contributed by atoms with Crippen molar-refractivity contribution in [3.05, 3.63) is 28.2 Å². The Kier molecular flexibility index (Phi) is 3.62. The van der Waals surface area contributed by atoms with Gasteiger partial charge in [0.2, 0.25) is 0 Å². The largest absolute Gasteiger partial charge is 0.547 e. The highest BCUT2D eigenvalue weighted by Crippen LogP contribution is 2.37. The van der Waals surface area contributed by atoms with Crippen molar-refractivity contribution in [2.45, 2.75) is 18.9 Å². The van der Waals surface area contributed by atoms with Gasteiger partial charge in [0, 0.05) is 11.4 Å². The fraction of sp³-hybridized carbons (Fsp3) is 0.250. The molecule has 106 valence electrons. The predicted octanol–water partition coefficient (Wildman–Crippen LogP) is -0.182. The highest BCUT2D eigenvalue weighted by molar-refractivity contribution is 6.38. The molecule has 0 bridgehead atoms. The monoisotopic (exact) mass is 314 g/mol. The summed E-state index contributed by atoms with van der Waals surface area (Å²) in [5, 5.41) is 27.5. The lowest BCUT2D eigenvalue weighted by atomic mass is 9.95. The molecule has 0 aliphatic carbocycles. The number of hydrazone groups is 1. The van der Waals surface area contributed by atoms with Crippen LogP contribution in [0.15, 0.2) is 23.3 Å². The molecular weight excluding hydrogens is 307 g/mol. The van der Waals surface area contributed by atoms with Gasteiger partial charge in [-0.2, -0.15) is 5.10 Å². The van der Waals surface area contributed by atoms with Gasteiger partial charge in [0.15, 0.2) is 0 Å². The summed E-state index contributed by atoms with van der Waals surface area (Å²) in [5.41, 5.74) is -1.82. The maximum atomic E-state index is 11.3. The fourth-order valence-electron chi connectivity index (χ4n) is 1.91. The molecule has 0 radical (unpaired) electrons. The lowest BCUT2D eigenvalue weighted by Crippen LogP contribution is -2.55. The van der Waals surface area contributed by atoms with Crippen LogP contribution < -0.4 is 15.2 Å². The van der Waals surface area contributed by atoms with Gasteiger partial charge in [-0.25, -0.2) is 0 Å². The van der Waals surface area contributed by atoms with Crippen molar-refractivity contribution in [3.63, 3.8) is 0 Å². The molecule has 0 saturated carbocycles. The second kappa shape index (κ2) is 4.96. The SMILES string of the molecule is CC1(C(=O)[O-])CC(C(=O)[O-])=NN1c1ccc(Cl)cc1Cl. The Morgan fingerprint density at radius 1 is 1.35 bits per heavy atom. The van der Waals surface area contributed by atoms with E-state index in [9.17, 15) is 19.8 Å². The first-order valence-electron chi connectivity index (χ1n) is 5.51. The molecule has 8 heteroatoms. The van der Waals surface area contributed by atoms with Crippen LogP contribution >= 0.6 is 23.2 Å². The van der Waals surface area contributed by atoms with Crippen LogP contribution in [0.3, 0.4) is 0 Å². The van der Waals surface area contributed by atoms with Gasteiger partial charge >= 0.3 is 0 Å². The maximum Gasteiger partial charge on any atom is 0.105 e. The van der Waals surface area contributed by atoms with E-state index in [1.54, 1.807) is 0 Å². The molecule has 20 heavy (non-hydrogen) atoms. The molecule has 0 amide bonds. The highest BCUT2D eigenvalue weighted by Gasteiger charge is 2.41. The lowest BCUT2D eigenvalue weighted by Gasteiger charge is -2.35. The van der Waals surface area contributed by atoms with Crippen molar-refractivity contribution in [2.75, 3.05) is 5.01 Å². The van der Waals surface area contributed by atoms with Gasteiger partial charge < -0.3 is 19.8 Å². The van der Waals surface area contributed by atoms with E-state index in [1.807, 2.05) is 0 Å². The quantitative estimate of drug-likeness (QED) is 0.771. The van der Waals surface area contributed by atoms with Gasteiger partial charge in [-0.05, 0) is 25.1 Å². The maximum absolute atomic E-state index is 11.3. The van der Waals surface area contributed by atoms with Crippen LogP contribution in [0.4, 0.5) is 5.69 Å². The number of carbonyl (C=O) groups is 2. The Morgan fingerprint density at radius 3 is 2.50 bits per heavy atom. The van der Waals surface area contributed by atoms with Crippen molar-refractivity contribution in [1.29, 1.82) is 0 Å². The molecule has 0 N–H and O–H groups in total. The van der Waals surface area contributed by atoms with E-state index < -0.39 is 17.5 Å². The number of carbonyl (C=O) groups excluding carboxylic acids is 2. The third-order valence-corrected chi connectivity index (χ3v) is 3.55. The molecule has 0 spiro atoms. The third-order valence-electron chi connectivity index (χ3n) is 3.01. The minimum Gasteiger partial charge on any atom is -0.547 e. The summed E-state index contributed by atoms with van der Waals surface area (Å²) in [4.78, 5) is 22.2. The summed E-state index contributed by atoms with van der Waals surface area (Å²) < 4.78 is 0. The minimum atomic E-state index is -1.66. The van der Waals surface area contributed by atoms with Crippen molar-refractivity contribution in [3.8, 4) is 0 Å². The predicted molar refractivity (Wildman–Crippen MR) is 69.4 cm³/mol. The van der Waals surface area contributed by atoms with E-state index in [-0.39, 0.29) is 22.8 Å². The van der Waals surface area contributed by atoms with E-state index in [0.29, 0.717) is 5.02 Å². The average Bonchev–Trinajstić information content (AvgIpc) is 2.69. The second-order valence-electron chi connectivity index (χ2n) is 4.48. The summed E-state index contributed by atoms with van der Waals surface area (Å²) in [6.45, 7) is 1.30. The van der Waals surface area contributed by atoms with Crippen molar-refractivity contribution in [2.24, 2.45) is 5.10 Å². The number of aliphatic carboxylic acids is 2. The van der Waals surface area contributed by atoms with Crippen LogP contribution in [0, 0.1) is 0 Å². The van der Waals surface area contributed by atoms with Crippen LogP contribution in [0.25, 0.3) is 0 Å². The van der Waals surface area contributed by atoms with Crippen LogP contribution in [0.2, 0.25) is 10.0 Å². The fourth-order valence-corrected chi connectivity index (χ4v) is 2.40. The van der Waals surface area contributed by atoms with Crippen molar-refractivity contribution >= 4 is 46.5 Å². The number of anilines is 1. The Bertz CT molecular complexity index is 632. The number of nitrogens with zero attached hydrogens (tertiary/aromatic N) is 2.